The van der Waals surface area contributed by atoms with E-state index in [-0.39, 0.29) is 0 Å². The van der Waals surface area contributed by atoms with E-state index in [0.29, 0.717) is 18.2 Å². The summed E-state index contributed by atoms with van der Waals surface area (Å²) in [5, 5.41) is 3.72. The highest BCUT2D eigenvalue weighted by Crippen LogP contribution is 2.34. The molecule has 110 valence electrons. The normalized spacial score (nSPS) is 30.4. The summed E-state index contributed by atoms with van der Waals surface area (Å²) in [6.07, 6.45) is 4.06. The van der Waals surface area contributed by atoms with E-state index in [2.05, 4.69) is 41.4 Å². The summed E-state index contributed by atoms with van der Waals surface area (Å²) in [5.41, 5.74) is 3.03. The highest BCUT2D eigenvalue weighted by atomic mass is 16.5. The molecular formula is C17H26N2O. The van der Waals surface area contributed by atoms with E-state index < -0.39 is 0 Å². The SMILES string of the molecule is CCNC1c2ccccc2CCC1N1CCC(OC)C1. The molecule has 1 saturated heterocycles. The van der Waals surface area contributed by atoms with Crippen molar-refractivity contribution in [2.75, 3.05) is 26.7 Å². The van der Waals surface area contributed by atoms with Crippen LogP contribution in [0.2, 0.25) is 0 Å². The first kappa shape index (κ1) is 14.1. The van der Waals surface area contributed by atoms with Crippen molar-refractivity contribution < 1.29 is 4.74 Å². The highest BCUT2D eigenvalue weighted by molar-refractivity contribution is 5.34. The number of hydrogen-bond donors (Lipinski definition) is 1. The molecule has 0 radical (unpaired) electrons. The third kappa shape index (κ3) is 2.62. The van der Waals surface area contributed by atoms with Gasteiger partial charge >= 0.3 is 0 Å². The minimum atomic E-state index is 0.425. The number of methoxy groups -OCH3 is 1. The standard InChI is InChI=1S/C17H26N2O/c1-3-18-17-15-7-5-4-6-13(15)8-9-16(17)19-11-10-14(12-19)20-2/h4-7,14,16-18H,3,8-12H2,1-2H3. The molecule has 1 aromatic rings. The van der Waals surface area contributed by atoms with E-state index in [0.717, 1.165) is 13.1 Å². The second-order valence-corrected chi connectivity index (χ2v) is 5.98. The Labute approximate surface area is 122 Å². The zero-order chi connectivity index (χ0) is 13.9. The van der Waals surface area contributed by atoms with Crippen molar-refractivity contribution in [3.8, 4) is 0 Å². The van der Waals surface area contributed by atoms with E-state index in [4.69, 9.17) is 4.74 Å². The van der Waals surface area contributed by atoms with Gasteiger partial charge in [-0.1, -0.05) is 31.2 Å². The van der Waals surface area contributed by atoms with Gasteiger partial charge < -0.3 is 10.1 Å². The van der Waals surface area contributed by atoms with E-state index in [1.807, 2.05) is 7.11 Å². The summed E-state index contributed by atoms with van der Waals surface area (Å²) in [5.74, 6) is 0. The molecule has 0 amide bonds. The molecule has 0 saturated carbocycles. The summed E-state index contributed by atoms with van der Waals surface area (Å²) in [6.45, 7) is 5.49. The number of hydrogen-bond acceptors (Lipinski definition) is 3. The Morgan fingerprint density at radius 1 is 1.30 bits per heavy atom. The van der Waals surface area contributed by atoms with Crippen LogP contribution in [0.5, 0.6) is 0 Å². The molecule has 0 bridgehead atoms. The maximum absolute atomic E-state index is 5.53. The number of rotatable bonds is 4. The Hall–Kier alpha value is -0.900. The molecule has 3 heteroatoms. The summed E-state index contributed by atoms with van der Waals surface area (Å²) < 4.78 is 5.53. The molecule has 0 aromatic heterocycles. The number of nitrogens with zero attached hydrogens (tertiary/aromatic N) is 1. The van der Waals surface area contributed by atoms with Crippen molar-refractivity contribution in [2.45, 2.75) is 44.4 Å². The van der Waals surface area contributed by atoms with Crippen LogP contribution in [0.15, 0.2) is 24.3 Å². The lowest BCUT2D eigenvalue weighted by Gasteiger charge is -2.39. The van der Waals surface area contributed by atoms with Crippen LogP contribution < -0.4 is 5.32 Å². The van der Waals surface area contributed by atoms with Crippen molar-refractivity contribution in [1.82, 2.24) is 10.2 Å². The zero-order valence-electron chi connectivity index (χ0n) is 12.6. The third-order valence-electron chi connectivity index (χ3n) is 4.89. The van der Waals surface area contributed by atoms with Gasteiger partial charge in [-0.05, 0) is 36.9 Å². The molecule has 2 aliphatic rings. The van der Waals surface area contributed by atoms with Gasteiger partial charge in [-0.15, -0.1) is 0 Å². The Balaban J connectivity index is 1.81. The van der Waals surface area contributed by atoms with Gasteiger partial charge in [0.15, 0.2) is 0 Å². The molecule has 1 fully saturated rings. The van der Waals surface area contributed by atoms with Crippen molar-refractivity contribution in [3.05, 3.63) is 35.4 Å². The van der Waals surface area contributed by atoms with E-state index in [1.54, 1.807) is 0 Å². The Morgan fingerprint density at radius 2 is 2.15 bits per heavy atom. The maximum atomic E-state index is 5.53. The molecule has 3 unspecified atom stereocenters. The van der Waals surface area contributed by atoms with Gasteiger partial charge in [-0.3, -0.25) is 4.90 Å². The Morgan fingerprint density at radius 3 is 2.90 bits per heavy atom. The van der Waals surface area contributed by atoms with Gasteiger partial charge in [0, 0.05) is 32.3 Å². The van der Waals surface area contributed by atoms with Gasteiger partial charge in [0.1, 0.15) is 0 Å². The monoisotopic (exact) mass is 274 g/mol. The molecular weight excluding hydrogens is 248 g/mol. The van der Waals surface area contributed by atoms with Gasteiger partial charge in [0.2, 0.25) is 0 Å². The maximum Gasteiger partial charge on any atom is 0.0710 e. The fourth-order valence-electron chi connectivity index (χ4n) is 3.85. The zero-order valence-corrected chi connectivity index (χ0v) is 12.6. The molecule has 20 heavy (non-hydrogen) atoms. The number of likely N-dealkylation sites (tertiary alicyclic amines) is 1. The van der Waals surface area contributed by atoms with Crippen LogP contribution in [0.4, 0.5) is 0 Å². The van der Waals surface area contributed by atoms with E-state index >= 15 is 0 Å². The van der Waals surface area contributed by atoms with Gasteiger partial charge in [0.05, 0.1) is 6.10 Å². The van der Waals surface area contributed by atoms with Crippen LogP contribution in [0.25, 0.3) is 0 Å². The number of ether oxygens (including phenoxy) is 1. The second-order valence-electron chi connectivity index (χ2n) is 5.98. The van der Waals surface area contributed by atoms with Crippen LogP contribution in [0.1, 0.15) is 36.9 Å². The van der Waals surface area contributed by atoms with Crippen LogP contribution in [-0.4, -0.2) is 43.8 Å². The predicted molar refractivity (Wildman–Crippen MR) is 82.0 cm³/mol. The molecule has 3 rings (SSSR count). The summed E-state index contributed by atoms with van der Waals surface area (Å²) in [6, 6.07) is 10.0. The minimum absolute atomic E-state index is 0.425. The quantitative estimate of drug-likeness (QED) is 0.912. The largest absolute Gasteiger partial charge is 0.380 e. The number of likely N-dealkylation sites (N-methyl/N-ethyl adjacent to an activating group) is 1. The predicted octanol–water partition coefficient (Wildman–Crippen LogP) is 2.37. The second kappa shape index (κ2) is 6.25. The van der Waals surface area contributed by atoms with Gasteiger partial charge in [0.25, 0.3) is 0 Å². The number of nitrogens with one attached hydrogen (secondary N) is 1. The molecule has 3 nitrogen and oxygen atoms in total. The number of benzene rings is 1. The molecule has 0 spiro atoms. The first-order valence-electron chi connectivity index (χ1n) is 7.91. The first-order valence-corrected chi connectivity index (χ1v) is 7.91. The van der Waals surface area contributed by atoms with Crippen LogP contribution >= 0.6 is 0 Å². The lowest BCUT2D eigenvalue weighted by atomic mass is 9.83. The molecule has 1 aliphatic heterocycles. The van der Waals surface area contributed by atoms with E-state index in [1.165, 1.54) is 36.9 Å². The molecule has 1 aliphatic carbocycles. The van der Waals surface area contributed by atoms with Crippen molar-refractivity contribution in [2.24, 2.45) is 0 Å². The van der Waals surface area contributed by atoms with Crippen molar-refractivity contribution in [3.63, 3.8) is 0 Å². The van der Waals surface area contributed by atoms with Crippen molar-refractivity contribution in [1.29, 1.82) is 0 Å². The van der Waals surface area contributed by atoms with Crippen molar-refractivity contribution >= 4 is 0 Å². The Kier molecular flexibility index (Phi) is 4.39. The molecule has 1 N–H and O–H groups in total. The first-order chi connectivity index (χ1) is 9.83. The minimum Gasteiger partial charge on any atom is -0.380 e. The van der Waals surface area contributed by atoms with Gasteiger partial charge in [-0.25, -0.2) is 0 Å². The fourth-order valence-corrected chi connectivity index (χ4v) is 3.85. The number of fused-ring (bicyclic) bond motifs is 1. The molecule has 1 aromatic carbocycles. The Bertz CT molecular complexity index is 448. The third-order valence-corrected chi connectivity index (χ3v) is 4.89. The summed E-state index contributed by atoms with van der Waals surface area (Å²) in [4.78, 5) is 2.64. The lowest BCUT2D eigenvalue weighted by Crippen LogP contribution is -2.46. The average Bonchev–Trinajstić information content (AvgIpc) is 2.96. The van der Waals surface area contributed by atoms with Crippen LogP contribution in [0, 0.1) is 0 Å². The summed E-state index contributed by atoms with van der Waals surface area (Å²) in [7, 11) is 1.84. The fraction of sp³-hybridized carbons (Fsp3) is 0.647. The highest BCUT2D eigenvalue weighted by Gasteiger charge is 2.36. The lowest BCUT2D eigenvalue weighted by molar-refractivity contribution is 0.0919. The van der Waals surface area contributed by atoms with E-state index in [9.17, 15) is 0 Å². The van der Waals surface area contributed by atoms with Gasteiger partial charge in [-0.2, -0.15) is 0 Å². The summed E-state index contributed by atoms with van der Waals surface area (Å²) >= 11 is 0. The van der Waals surface area contributed by atoms with Crippen LogP contribution in [0.3, 0.4) is 0 Å². The smallest absolute Gasteiger partial charge is 0.0710 e. The molecule has 1 heterocycles. The average molecular weight is 274 g/mol. The topological polar surface area (TPSA) is 24.5 Å². The number of aryl methyl sites for hydroxylation is 1. The molecule has 3 atom stereocenters. The van der Waals surface area contributed by atoms with Crippen LogP contribution in [-0.2, 0) is 11.2 Å².